The molecule has 8 nitrogen and oxygen atoms in total. The zero-order valence-electron chi connectivity index (χ0n) is 14.9. The van der Waals surface area contributed by atoms with E-state index in [1.54, 1.807) is 24.3 Å². The molecule has 0 atom stereocenters. The summed E-state index contributed by atoms with van der Waals surface area (Å²) in [6, 6.07) is 15.1. The van der Waals surface area contributed by atoms with Crippen LogP contribution in [0.2, 0.25) is 0 Å². The van der Waals surface area contributed by atoms with Gasteiger partial charge in [-0.05, 0) is 36.4 Å². The van der Waals surface area contributed by atoms with Crippen molar-refractivity contribution in [1.29, 1.82) is 5.26 Å². The van der Waals surface area contributed by atoms with Crippen LogP contribution in [0.3, 0.4) is 0 Å². The maximum absolute atomic E-state index is 12.1. The van der Waals surface area contributed by atoms with Crippen molar-refractivity contribution in [2.45, 2.75) is 6.92 Å². The molecular weight excluding hydrogens is 360 g/mol. The second-order valence-corrected chi connectivity index (χ2v) is 5.87. The molecule has 0 spiro atoms. The third kappa shape index (κ3) is 4.16. The van der Waals surface area contributed by atoms with Crippen LogP contribution < -0.4 is 5.32 Å². The van der Waals surface area contributed by atoms with Crippen molar-refractivity contribution in [3.8, 4) is 6.07 Å². The summed E-state index contributed by atoms with van der Waals surface area (Å²) in [6.45, 7) is 0.901. The highest BCUT2D eigenvalue weighted by molar-refractivity contribution is 5.92. The smallest absolute Gasteiger partial charge is 0.338 e. The molecule has 0 aliphatic carbocycles. The van der Waals surface area contributed by atoms with Crippen LogP contribution in [0.5, 0.6) is 0 Å². The number of aliphatic hydroxyl groups is 1. The third-order valence-electron chi connectivity index (χ3n) is 3.81. The van der Waals surface area contributed by atoms with Crippen molar-refractivity contribution in [3.63, 3.8) is 0 Å². The fraction of sp³-hybridized carbons (Fsp3) is 0.100. The first-order valence-electron chi connectivity index (χ1n) is 8.30. The molecule has 1 amide bonds. The highest BCUT2D eigenvalue weighted by Gasteiger charge is 2.15. The van der Waals surface area contributed by atoms with Gasteiger partial charge < -0.3 is 20.1 Å². The minimum atomic E-state index is -0.678. The Morgan fingerprint density at radius 1 is 1.21 bits per heavy atom. The number of carbonyl (C=O) groups excluding carboxylic acids is 2. The first-order valence-corrected chi connectivity index (χ1v) is 8.30. The van der Waals surface area contributed by atoms with Gasteiger partial charge in [0.05, 0.1) is 16.6 Å². The third-order valence-corrected chi connectivity index (χ3v) is 3.81. The number of aromatic amines is 1. The van der Waals surface area contributed by atoms with E-state index in [4.69, 9.17) is 4.74 Å². The molecule has 2 aromatic carbocycles. The number of allylic oxidation sites excluding steroid dienone is 1. The van der Waals surface area contributed by atoms with E-state index in [0.29, 0.717) is 16.7 Å². The molecule has 3 aromatic rings. The molecule has 0 aliphatic rings. The number of rotatable bonds is 5. The summed E-state index contributed by atoms with van der Waals surface area (Å²) < 4.78 is 5.06. The second kappa shape index (κ2) is 8.05. The number of aliphatic hydroxyl groups excluding tert-OH is 1. The number of hydrogen-bond acceptors (Lipinski definition) is 6. The lowest BCUT2D eigenvalue weighted by molar-refractivity contribution is -0.114. The average molecular weight is 376 g/mol. The Morgan fingerprint density at radius 3 is 2.57 bits per heavy atom. The predicted molar refractivity (Wildman–Crippen MR) is 102 cm³/mol. The lowest BCUT2D eigenvalue weighted by Crippen LogP contribution is -2.10. The maximum atomic E-state index is 12.1. The lowest BCUT2D eigenvalue weighted by Gasteiger charge is -2.07. The van der Waals surface area contributed by atoms with E-state index in [9.17, 15) is 20.0 Å². The van der Waals surface area contributed by atoms with E-state index in [1.807, 2.05) is 18.2 Å². The van der Waals surface area contributed by atoms with Crippen LogP contribution in [0.1, 0.15) is 23.1 Å². The molecule has 3 rings (SSSR count). The molecule has 0 aliphatic heterocycles. The number of fused-ring (bicyclic) bond motifs is 1. The molecular formula is C20H16N4O4. The van der Waals surface area contributed by atoms with Gasteiger partial charge in [-0.3, -0.25) is 4.79 Å². The number of hydrogen-bond donors (Lipinski definition) is 3. The summed E-state index contributed by atoms with van der Waals surface area (Å²) in [5, 5.41) is 22.1. The van der Waals surface area contributed by atoms with E-state index in [0.717, 1.165) is 0 Å². The molecule has 0 fully saturated rings. The Balaban J connectivity index is 1.71. The summed E-state index contributed by atoms with van der Waals surface area (Å²) in [5.74, 6) is -1.12. The van der Waals surface area contributed by atoms with Crippen LogP contribution in [-0.4, -0.2) is 33.6 Å². The molecule has 0 radical (unpaired) electrons. The summed E-state index contributed by atoms with van der Waals surface area (Å²) >= 11 is 0. The first kappa shape index (κ1) is 18.7. The van der Waals surface area contributed by atoms with E-state index >= 15 is 0 Å². The van der Waals surface area contributed by atoms with Gasteiger partial charge in [0.2, 0.25) is 5.91 Å². The Labute approximate surface area is 160 Å². The fourth-order valence-electron chi connectivity index (χ4n) is 2.51. The number of aromatic nitrogens is 2. The maximum Gasteiger partial charge on any atom is 0.338 e. The van der Waals surface area contributed by atoms with Crippen molar-refractivity contribution in [1.82, 2.24) is 9.97 Å². The van der Waals surface area contributed by atoms with E-state index in [1.165, 1.54) is 19.1 Å². The van der Waals surface area contributed by atoms with Crippen LogP contribution in [0.25, 0.3) is 16.6 Å². The number of H-pyrrole nitrogens is 1. The number of amides is 1. The van der Waals surface area contributed by atoms with Crippen LogP contribution >= 0.6 is 0 Å². The SMILES string of the molecule is CC(=O)Nc1ccc(C(=O)OC/C(O)=C(\C#N)c2nc3ccccc3[nH]2)cc1. The number of nitrogens with one attached hydrogen (secondary N) is 2. The second-order valence-electron chi connectivity index (χ2n) is 5.87. The van der Waals surface area contributed by atoms with E-state index in [2.05, 4.69) is 15.3 Å². The number of imidazole rings is 1. The minimum Gasteiger partial charge on any atom is -0.507 e. The molecule has 140 valence electrons. The Bertz CT molecular complexity index is 1070. The van der Waals surface area contributed by atoms with Crippen molar-refractivity contribution in [2.24, 2.45) is 0 Å². The van der Waals surface area contributed by atoms with Crippen LogP contribution in [0.4, 0.5) is 5.69 Å². The number of esters is 1. The highest BCUT2D eigenvalue weighted by Crippen LogP contribution is 2.19. The summed E-state index contributed by atoms with van der Waals surface area (Å²) in [5.41, 5.74) is 2.04. The summed E-state index contributed by atoms with van der Waals surface area (Å²) in [4.78, 5) is 30.3. The quantitative estimate of drug-likeness (QED) is 0.356. The Kier molecular flexibility index (Phi) is 5.37. The number of nitrogens with zero attached hydrogens (tertiary/aromatic N) is 2. The van der Waals surface area contributed by atoms with Gasteiger partial charge >= 0.3 is 5.97 Å². The van der Waals surface area contributed by atoms with Gasteiger partial charge in [0, 0.05) is 12.6 Å². The first-order chi connectivity index (χ1) is 13.5. The topological polar surface area (TPSA) is 128 Å². The van der Waals surface area contributed by atoms with Crippen LogP contribution in [0, 0.1) is 11.3 Å². The van der Waals surface area contributed by atoms with Crippen molar-refractivity contribution < 1.29 is 19.4 Å². The average Bonchev–Trinajstić information content (AvgIpc) is 3.10. The molecule has 8 heteroatoms. The minimum absolute atomic E-state index is 0.106. The van der Waals surface area contributed by atoms with Gasteiger partial charge in [0.1, 0.15) is 18.2 Å². The molecule has 1 aromatic heterocycles. The summed E-state index contributed by atoms with van der Waals surface area (Å²) in [6.07, 6.45) is 0. The van der Waals surface area contributed by atoms with Crippen LogP contribution in [0.15, 0.2) is 54.3 Å². The zero-order valence-corrected chi connectivity index (χ0v) is 14.9. The van der Waals surface area contributed by atoms with Gasteiger partial charge in [-0.15, -0.1) is 0 Å². The van der Waals surface area contributed by atoms with Crippen molar-refractivity contribution >= 4 is 34.2 Å². The number of para-hydroxylation sites is 2. The standard InChI is InChI=1S/C20H16N4O4/c1-12(25)22-14-8-6-13(7-9-14)20(27)28-11-18(26)15(10-21)19-23-16-4-2-3-5-17(16)24-19/h2-9,26H,11H2,1H3,(H,22,25)(H,23,24)/b18-15-. The lowest BCUT2D eigenvalue weighted by atomic mass is 10.2. The number of ether oxygens (including phenoxy) is 1. The predicted octanol–water partition coefficient (Wildman–Crippen LogP) is 3.17. The molecule has 0 saturated carbocycles. The fourth-order valence-corrected chi connectivity index (χ4v) is 2.51. The molecule has 1 heterocycles. The Hall–Kier alpha value is -4.12. The largest absolute Gasteiger partial charge is 0.507 e. The Morgan fingerprint density at radius 2 is 1.93 bits per heavy atom. The van der Waals surface area contributed by atoms with Gasteiger partial charge in [-0.25, -0.2) is 9.78 Å². The van der Waals surface area contributed by atoms with Crippen molar-refractivity contribution in [2.75, 3.05) is 11.9 Å². The number of nitriles is 1. The van der Waals surface area contributed by atoms with Crippen LogP contribution in [-0.2, 0) is 9.53 Å². The normalized spacial score (nSPS) is 11.4. The number of anilines is 1. The van der Waals surface area contributed by atoms with Gasteiger partial charge in [0.15, 0.2) is 11.6 Å². The van der Waals surface area contributed by atoms with Gasteiger partial charge in [-0.2, -0.15) is 5.26 Å². The molecule has 0 unspecified atom stereocenters. The van der Waals surface area contributed by atoms with Gasteiger partial charge in [-0.1, -0.05) is 12.1 Å². The van der Waals surface area contributed by atoms with E-state index in [-0.39, 0.29) is 22.9 Å². The summed E-state index contributed by atoms with van der Waals surface area (Å²) in [7, 11) is 0. The molecule has 28 heavy (non-hydrogen) atoms. The number of carbonyl (C=O) groups is 2. The number of benzene rings is 2. The zero-order chi connectivity index (χ0) is 20.1. The molecule has 0 bridgehead atoms. The molecule has 0 saturated heterocycles. The van der Waals surface area contributed by atoms with Crippen molar-refractivity contribution in [3.05, 3.63) is 65.7 Å². The van der Waals surface area contributed by atoms with Gasteiger partial charge in [0.25, 0.3) is 0 Å². The monoisotopic (exact) mass is 376 g/mol. The molecule has 3 N–H and O–H groups in total. The van der Waals surface area contributed by atoms with E-state index < -0.39 is 18.3 Å². The highest BCUT2D eigenvalue weighted by atomic mass is 16.5.